The molecule has 1 aliphatic rings. The van der Waals surface area contributed by atoms with E-state index in [0.29, 0.717) is 23.0 Å². The molecule has 1 N–H and O–H groups in total. The van der Waals surface area contributed by atoms with Crippen LogP contribution in [0.1, 0.15) is 26.3 Å². The first-order valence-electron chi connectivity index (χ1n) is 10.4. The Morgan fingerprint density at radius 2 is 1.81 bits per heavy atom. The number of halogens is 1. The van der Waals surface area contributed by atoms with E-state index in [1.807, 2.05) is 0 Å². The zero-order chi connectivity index (χ0) is 26.6. The molecule has 13 heteroatoms. The van der Waals surface area contributed by atoms with Crippen LogP contribution in [0.3, 0.4) is 0 Å². The Hall–Kier alpha value is -3.35. The van der Waals surface area contributed by atoms with E-state index in [1.54, 1.807) is 13.8 Å². The number of anilines is 1. The normalized spacial score (nSPS) is 14.9. The lowest BCUT2D eigenvalue weighted by molar-refractivity contribution is -0.149. The number of nitrogens with zero attached hydrogens (tertiary/aromatic N) is 1. The predicted molar refractivity (Wildman–Crippen MR) is 134 cm³/mol. The van der Waals surface area contributed by atoms with Gasteiger partial charge >= 0.3 is 16.1 Å². The maximum absolute atomic E-state index is 12.6. The fourth-order valence-electron chi connectivity index (χ4n) is 2.97. The second-order valence-electron chi connectivity index (χ2n) is 7.74. The number of hydrogen-bond acceptors (Lipinski definition) is 9. The molecule has 0 unspecified atom stereocenters. The van der Waals surface area contributed by atoms with Crippen LogP contribution in [0.25, 0.3) is 6.08 Å². The molecule has 10 nitrogen and oxygen atoms in total. The standard InChI is InChI=1S/C23H21ClN2O8S2/c1-13(2)33-21(28)12-26-22(29)20(35-23(26)30)11-15-4-9-19(18(24)10-15)34-36(31,32)17-7-5-16(6-8-17)25-14(3)27/h4-11,13H,12H2,1-3H3,(H,25,27)/b20-11-. The first-order chi connectivity index (χ1) is 16.9. The van der Waals surface area contributed by atoms with Crippen LogP contribution >= 0.6 is 23.4 Å². The first kappa shape index (κ1) is 27.2. The van der Waals surface area contributed by atoms with Crippen molar-refractivity contribution in [3.63, 3.8) is 0 Å². The van der Waals surface area contributed by atoms with Crippen molar-refractivity contribution in [1.82, 2.24) is 4.90 Å². The maximum atomic E-state index is 12.6. The molecule has 0 radical (unpaired) electrons. The van der Waals surface area contributed by atoms with Crippen molar-refractivity contribution in [2.45, 2.75) is 31.8 Å². The second-order valence-corrected chi connectivity index (χ2v) is 10.7. The zero-order valence-corrected chi connectivity index (χ0v) is 21.7. The van der Waals surface area contributed by atoms with E-state index in [4.69, 9.17) is 20.5 Å². The molecule has 0 atom stereocenters. The summed E-state index contributed by atoms with van der Waals surface area (Å²) in [5, 5.41) is 1.86. The lowest BCUT2D eigenvalue weighted by Gasteiger charge is -2.13. The van der Waals surface area contributed by atoms with Gasteiger partial charge in [0.05, 0.1) is 16.0 Å². The molecule has 1 aliphatic heterocycles. The summed E-state index contributed by atoms with van der Waals surface area (Å²) in [6.07, 6.45) is 1.01. The van der Waals surface area contributed by atoms with Crippen molar-refractivity contribution >= 4 is 68.3 Å². The molecule has 0 aromatic heterocycles. The number of amides is 3. The summed E-state index contributed by atoms with van der Waals surface area (Å²) in [7, 11) is -4.23. The van der Waals surface area contributed by atoms with Gasteiger partial charge in [-0.25, -0.2) is 0 Å². The van der Waals surface area contributed by atoms with E-state index in [2.05, 4.69) is 5.32 Å². The van der Waals surface area contributed by atoms with E-state index >= 15 is 0 Å². The Labute approximate surface area is 216 Å². The Kier molecular flexibility index (Phi) is 8.43. The van der Waals surface area contributed by atoms with Gasteiger partial charge in [0.15, 0.2) is 5.75 Å². The molecule has 3 amide bonds. The number of ether oxygens (including phenoxy) is 1. The highest BCUT2D eigenvalue weighted by Gasteiger charge is 2.36. The SMILES string of the molecule is CC(=O)Nc1ccc(S(=O)(=O)Oc2ccc(/C=C3\SC(=O)N(CC(=O)OC(C)C)C3=O)cc2Cl)cc1. The lowest BCUT2D eigenvalue weighted by atomic mass is 10.2. The van der Waals surface area contributed by atoms with Gasteiger partial charge in [-0.2, -0.15) is 8.42 Å². The van der Waals surface area contributed by atoms with Crippen LogP contribution in [-0.4, -0.2) is 49.0 Å². The fourth-order valence-corrected chi connectivity index (χ4v) is 5.02. The van der Waals surface area contributed by atoms with Gasteiger partial charge in [0.25, 0.3) is 11.1 Å². The number of esters is 1. The van der Waals surface area contributed by atoms with Crippen LogP contribution < -0.4 is 9.50 Å². The third-order valence-electron chi connectivity index (χ3n) is 4.44. The van der Waals surface area contributed by atoms with Crippen molar-refractivity contribution in [2.75, 3.05) is 11.9 Å². The molecular weight excluding hydrogens is 532 g/mol. The van der Waals surface area contributed by atoms with Gasteiger partial charge in [-0.1, -0.05) is 17.7 Å². The number of nitrogens with one attached hydrogen (secondary N) is 1. The Morgan fingerprint density at radius 1 is 1.14 bits per heavy atom. The summed E-state index contributed by atoms with van der Waals surface area (Å²) in [6, 6.07) is 9.51. The Bertz CT molecular complexity index is 1350. The van der Waals surface area contributed by atoms with E-state index in [-0.39, 0.29) is 32.6 Å². The van der Waals surface area contributed by atoms with Crippen LogP contribution in [-0.2, 0) is 29.2 Å². The predicted octanol–water partition coefficient (Wildman–Crippen LogP) is 4.05. The summed E-state index contributed by atoms with van der Waals surface area (Å²) >= 11 is 6.86. The molecule has 2 aromatic rings. The molecule has 1 fully saturated rings. The van der Waals surface area contributed by atoms with Crippen LogP contribution in [0.4, 0.5) is 10.5 Å². The van der Waals surface area contributed by atoms with E-state index in [0.717, 1.165) is 4.90 Å². The lowest BCUT2D eigenvalue weighted by Crippen LogP contribution is -2.35. The monoisotopic (exact) mass is 552 g/mol. The van der Waals surface area contributed by atoms with Gasteiger partial charge in [-0.05, 0) is 73.6 Å². The third-order valence-corrected chi connectivity index (χ3v) is 6.90. The van der Waals surface area contributed by atoms with Crippen molar-refractivity contribution in [2.24, 2.45) is 0 Å². The molecule has 190 valence electrons. The van der Waals surface area contributed by atoms with E-state index in [9.17, 15) is 27.6 Å². The van der Waals surface area contributed by atoms with Crippen LogP contribution in [0.2, 0.25) is 5.02 Å². The minimum Gasteiger partial charge on any atom is -0.462 e. The molecule has 0 aliphatic carbocycles. The minimum absolute atomic E-state index is 0.0538. The number of hydrogen-bond donors (Lipinski definition) is 1. The Morgan fingerprint density at radius 3 is 2.39 bits per heavy atom. The molecular formula is C23H21ClN2O8S2. The first-order valence-corrected chi connectivity index (χ1v) is 13.0. The number of thioether (sulfide) groups is 1. The summed E-state index contributed by atoms with van der Waals surface area (Å²) < 4.78 is 35.3. The molecule has 2 aromatic carbocycles. The van der Waals surface area contributed by atoms with Crippen LogP contribution in [0.15, 0.2) is 52.3 Å². The molecule has 36 heavy (non-hydrogen) atoms. The minimum atomic E-state index is -4.23. The fraction of sp³-hybridized carbons (Fsp3) is 0.217. The van der Waals surface area contributed by atoms with Gasteiger partial charge in [-0.3, -0.25) is 24.1 Å². The van der Waals surface area contributed by atoms with Gasteiger partial charge in [0.2, 0.25) is 5.91 Å². The highest BCUT2D eigenvalue weighted by atomic mass is 35.5. The van der Waals surface area contributed by atoms with E-state index in [1.165, 1.54) is 55.5 Å². The molecule has 1 heterocycles. The molecule has 0 spiro atoms. The van der Waals surface area contributed by atoms with Gasteiger partial charge in [0.1, 0.15) is 11.4 Å². The third kappa shape index (κ3) is 6.86. The largest absolute Gasteiger partial charge is 0.462 e. The summed E-state index contributed by atoms with van der Waals surface area (Å²) in [4.78, 5) is 48.4. The smallest absolute Gasteiger partial charge is 0.339 e. The number of imide groups is 1. The van der Waals surface area contributed by atoms with Crippen molar-refractivity contribution in [1.29, 1.82) is 0 Å². The summed E-state index contributed by atoms with van der Waals surface area (Å²) in [5.74, 6) is -1.81. The average Bonchev–Trinajstić information content (AvgIpc) is 3.02. The van der Waals surface area contributed by atoms with Crippen molar-refractivity contribution in [3.05, 3.63) is 58.0 Å². The second kappa shape index (κ2) is 11.1. The van der Waals surface area contributed by atoms with Crippen LogP contribution in [0.5, 0.6) is 5.75 Å². The summed E-state index contributed by atoms with van der Waals surface area (Å²) in [6.45, 7) is 4.13. The van der Waals surface area contributed by atoms with Crippen LogP contribution in [0, 0.1) is 0 Å². The summed E-state index contributed by atoms with van der Waals surface area (Å²) in [5.41, 5.74) is 0.824. The zero-order valence-electron chi connectivity index (χ0n) is 19.3. The molecule has 3 rings (SSSR count). The number of rotatable bonds is 8. The maximum Gasteiger partial charge on any atom is 0.339 e. The highest BCUT2D eigenvalue weighted by molar-refractivity contribution is 8.18. The molecule has 0 bridgehead atoms. The average molecular weight is 553 g/mol. The quantitative estimate of drug-likeness (QED) is 0.292. The van der Waals surface area contributed by atoms with Gasteiger partial charge < -0.3 is 14.2 Å². The van der Waals surface area contributed by atoms with Gasteiger partial charge in [-0.15, -0.1) is 0 Å². The number of carbonyl (C=O) groups is 4. The highest BCUT2D eigenvalue weighted by Crippen LogP contribution is 2.34. The van der Waals surface area contributed by atoms with Gasteiger partial charge in [0, 0.05) is 12.6 Å². The Balaban J connectivity index is 1.73. The molecule has 1 saturated heterocycles. The topological polar surface area (TPSA) is 136 Å². The number of carbonyl (C=O) groups excluding carboxylic acids is 4. The number of benzene rings is 2. The van der Waals surface area contributed by atoms with Crippen molar-refractivity contribution in [3.8, 4) is 5.75 Å². The molecule has 0 saturated carbocycles. The van der Waals surface area contributed by atoms with E-state index < -0.39 is 33.8 Å². The van der Waals surface area contributed by atoms with Crippen molar-refractivity contribution < 1.29 is 36.5 Å².